The van der Waals surface area contributed by atoms with Crippen molar-refractivity contribution >= 4 is 5.69 Å². The Morgan fingerprint density at radius 1 is 1.11 bits per heavy atom. The first-order valence-corrected chi connectivity index (χ1v) is 8.81. The van der Waals surface area contributed by atoms with Gasteiger partial charge in [0.1, 0.15) is 29.4 Å². The van der Waals surface area contributed by atoms with E-state index >= 15 is 0 Å². The Balaban J connectivity index is 1.40. The van der Waals surface area contributed by atoms with Crippen molar-refractivity contribution in [1.29, 1.82) is 5.26 Å². The summed E-state index contributed by atoms with van der Waals surface area (Å²) < 4.78 is 19.2. The van der Waals surface area contributed by atoms with E-state index in [0.29, 0.717) is 5.69 Å². The van der Waals surface area contributed by atoms with Gasteiger partial charge in [-0.1, -0.05) is 12.1 Å². The number of H-pyrrole nitrogens is 1. The average Bonchev–Trinajstić information content (AvgIpc) is 3.18. The summed E-state index contributed by atoms with van der Waals surface area (Å²) in [6, 6.07) is 16.2. The molecule has 0 saturated carbocycles. The lowest BCUT2D eigenvalue weighted by Gasteiger charge is -2.33. The first-order chi connectivity index (χ1) is 13.2. The van der Waals surface area contributed by atoms with Crippen molar-refractivity contribution in [2.45, 2.75) is 18.9 Å². The van der Waals surface area contributed by atoms with Gasteiger partial charge >= 0.3 is 0 Å². The van der Waals surface area contributed by atoms with Gasteiger partial charge in [-0.2, -0.15) is 15.6 Å². The van der Waals surface area contributed by atoms with Crippen LogP contribution < -0.4 is 9.64 Å². The highest BCUT2D eigenvalue weighted by molar-refractivity contribution is 5.65. The fraction of sp³-hybridized carbons (Fsp3) is 0.250. The molecule has 0 atom stereocenters. The molecule has 1 fully saturated rings. The van der Waals surface area contributed by atoms with Crippen molar-refractivity contribution in [3.8, 4) is 23.1 Å². The zero-order valence-electron chi connectivity index (χ0n) is 14.6. The van der Waals surface area contributed by atoms with E-state index < -0.39 is 0 Å². The van der Waals surface area contributed by atoms with E-state index in [-0.39, 0.29) is 17.6 Å². The Hall–Kier alpha value is -3.40. The zero-order valence-corrected chi connectivity index (χ0v) is 14.6. The lowest BCUT2D eigenvalue weighted by Crippen LogP contribution is -2.38. The van der Waals surface area contributed by atoms with Crippen LogP contribution in [0.3, 0.4) is 0 Å². The van der Waals surface area contributed by atoms with Crippen molar-refractivity contribution < 1.29 is 9.13 Å². The normalized spacial score (nSPS) is 14.7. The van der Waals surface area contributed by atoms with E-state index in [1.54, 1.807) is 0 Å². The predicted molar refractivity (Wildman–Crippen MR) is 98.8 cm³/mol. The number of nitrogens with one attached hydrogen (secondary N) is 1. The number of aromatic nitrogens is 3. The van der Waals surface area contributed by atoms with Crippen molar-refractivity contribution in [3.63, 3.8) is 0 Å². The Bertz CT molecular complexity index is 955. The summed E-state index contributed by atoms with van der Waals surface area (Å²) in [6.45, 7) is 1.72. The Labute approximate surface area is 156 Å². The van der Waals surface area contributed by atoms with Crippen molar-refractivity contribution in [3.05, 3.63) is 60.0 Å². The average molecular weight is 363 g/mol. The summed E-state index contributed by atoms with van der Waals surface area (Å²) in [6.07, 6.45) is 1.88. The fourth-order valence-corrected chi connectivity index (χ4v) is 3.30. The molecule has 1 aliphatic heterocycles. The number of hydrogen-bond donors (Lipinski definition) is 1. The number of hydrogen-bond acceptors (Lipinski definition) is 5. The van der Waals surface area contributed by atoms with Crippen LogP contribution in [0.5, 0.6) is 5.75 Å². The van der Waals surface area contributed by atoms with E-state index in [4.69, 9.17) is 10.00 Å². The van der Waals surface area contributed by atoms with Crippen LogP contribution in [-0.4, -0.2) is 34.6 Å². The molecule has 0 amide bonds. The van der Waals surface area contributed by atoms with Gasteiger partial charge in [-0.3, -0.25) is 0 Å². The summed E-state index contributed by atoms with van der Waals surface area (Å²) >= 11 is 0. The zero-order chi connectivity index (χ0) is 18.6. The Kier molecular flexibility index (Phi) is 4.71. The van der Waals surface area contributed by atoms with Crippen LogP contribution in [-0.2, 0) is 0 Å². The molecule has 0 radical (unpaired) electrons. The number of nitrogens with zero attached hydrogens (tertiary/aromatic N) is 4. The van der Waals surface area contributed by atoms with E-state index in [2.05, 4.69) is 20.3 Å². The molecule has 0 unspecified atom stereocenters. The Morgan fingerprint density at radius 3 is 2.63 bits per heavy atom. The molecule has 4 rings (SSSR count). The topological polar surface area (TPSA) is 77.8 Å². The van der Waals surface area contributed by atoms with E-state index in [1.807, 2.05) is 42.5 Å². The second-order valence-corrected chi connectivity index (χ2v) is 6.44. The van der Waals surface area contributed by atoms with Gasteiger partial charge in [0.15, 0.2) is 5.69 Å². The molecule has 2 aromatic carbocycles. The lowest BCUT2D eigenvalue weighted by molar-refractivity contribution is 0.171. The van der Waals surface area contributed by atoms with Crippen LogP contribution in [0, 0.1) is 17.1 Å². The van der Waals surface area contributed by atoms with Crippen LogP contribution in [0.2, 0.25) is 0 Å². The third-order valence-corrected chi connectivity index (χ3v) is 4.70. The molecule has 27 heavy (non-hydrogen) atoms. The summed E-state index contributed by atoms with van der Waals surface area (Å²) in [5.41, 5.74) is 2.61. The minimum absolute atomic E-state index is 0.115. The van der Waals surface area contributed by atoms with Crippen LogP contribution in [0.15, 0.2) is 48.5 Å². The van der Waals surface area contributed by atoms with E-state index in [1.165, 1.54) is 12.1 Å². The molecule has 0 spiro atoms. The predicted octanol–water partition coefficient (Wildman–Crippen LogP) is 3.53. The number of piperidine rings is 1. The number of aromatic amines is 1. The maximum absolute atomic E-state index is 13.1. The van der Waals surface area contributed by atoms with Gasteiger partial charge in [-0.25, -0.2) is 4.39 Å². The van der Waals surface area contributed by atoms with Gasteiger partial charge in [0.2, 0.25) is 0 Å². The smallest absolute Gasteiger partial charge is 0.190 e. The molecule has 1 aromatic heterocycles. The first kappa shape index (κ1) is 17.0. The highest BCUT2D eigenvalue weighted by atomic mass is 19.1. The maximum Gasteiger partial charge on any atom is 0.190 e. The first-order valence-electron chi connectivity index (χ1n) is 8.81. The molecule has 1 saturated heterocycles. The number of benzene rings is 2. The van der Waals surface area contributed by atoms with E-state index in [0.717, 1.165) is 42.9 Å². The molecule has 1 N–H and O–H groups in total. The number of nitriles is 1. The van der Waals surface area contributed by atoms with Crippen LogP contribution in [0.25, 0.3) is 11.3 Å². The summed E-state index contributed by atoms with van der Waals surface area (Å²) in [5, 5.41) is 19.5. The van der Waals surface area contributed by atoms with Gasteiger partial charge in [0.25, 0.3) is 0 Å². The minimum Gasteiger partial charge on any atom is -0.490 e. The number of anilines is 1. The molecule has 2 heterocycles. The molecular weight excluding hydrogens is 345 g/mol. The second kappa shape index (κ2) is 7.46. The SMILES string of the molecule is N#Cc1n[nH]nc1-c1cccc(OC2CCN(c3ccc(F)cc3)CC2)c1. The van der Waals surface area contributed by atoms with Crippen LogP contribution in [0.1, 0.15) is 18.5 Å². The number of ether oxygens (including phenoxy) is 1. The highest BCUT2D eigenvalue weighted by Gasteiger charge is 2.21. The van der Waals surface area contributed by atoms with Crippen LogP contribution in [0.4, 0.5) is 10.1 Å². The number of halogens is 1. The van der Waals surface area contributed by atoms with E-state index in [9.17, 15) is 4.39 Å². The monoisotopic (exact) mass is 363 g/mol. The molecule has 0 aliphatic carbocycles. The van der Waals surface area contributed by atoms with Crippen molar-refractivity contribution in [2.24, 2.45) is 0 Å². The minimum atomic E-state index is -0.219. The van der Waals surface area contributed by atoms with Gasteiger partial charge in [0, 0.05) is 37.2 Å². The van der Waals surface area contributed by atoms with Crippen LogP contribution >= 0.6 is 0 Å². The fourth-order valence-electron chi connectivity index (χ4n) is 3.30. The largest absolute Gasteiger partial charge is 0.490 e. The Morgan fingerprint density at radius 2 is 1.89 bits per heavy atom. The highest BCUT2D eigenvalue weighted by Crippen LogP contribution is 2.27. The van der Waals surface area contributed by atoms with Gasteiger partial charge in [-0.05, 0) is 36.4 Å². The molecular formula is C20H18FN5O. The third-order valence-electron chi connectivity index (χ3n) is 4.70. The van der Waals surface area contributed by atoms with Crippen molar-refractivity contribution in [2.75, 3.05) is 18.0 Å². The van der Waals surface area contributed by atoms with Gasteiger partial charge < -0.3 is 9.64 Å². The maximum atomic E-state index is 13.1. The summed E-state index contributed by atoms with van der Waals surface area (Å²) in [4.78, 5) is 2.24. The van der Waals surface area contributed by atoms with Gasteiger partial charge in [0.05, 0.1) is 0 Å². The molecule has 7 heteroatoms. The second-order valence-electron chi connectivity index (χ2n) is 6.44. The number of rotatable bonds is 4. The summed E-state index contributed by atoms with van der Waals surface area (Å²) in [5.74, 6) is 0.531. The third kappa shape index (κ3) is 3.75. The molecule has 136 valence electrons. The molecule has 0 bridgehead atoms. The van der Waals surface area contributed by atoms with Gasteiger partial charge in [-0.15, -0.1) is 5.10 Å². The molecule has 3 aromatic rings. The molecule has 1 aliphatic rings. The quantitative estimate of drug-likeness (QED) is 0.767. The van der Waals surface area contributed by atoms with Crippen molar-refractivity contribution in [1.82, 2.24) is 15.4 Å². The molecule has 6 nitrogen and oxygen atoms in total. The lowest BCUT2D eigenvalue weighted by atomic mass is 10.1. The standard InChI is InChI=1S/C20H18FN5O/c21-15-4-6-16(7-5-15)26-10-8-17(9-11-26)27-18-3-1-2-14(12-18)20-19(13-22)23-25-24-20/h1-7,12,17H,8-11H2,(H,23,24,25). The summed E-state index contributed by atoms with van der Waals surface area (Å²) in [7, 11) is 0.